The molecule has 7 heteroatoms. The highest BCUT2D eigenvalue weighted by Gasteiger charge is 2.16. The topological polar surface area (TPSA) is 85.9 Å². The van der Waals surface area contributed by atoms with Gasteiger partial charge < -0.3 is 14.9 Å². The van der Waals surface area contributed by atoms with Gasteiger partial charge in [-0.25, -0.2) is 4.98 Å². The largest absolute Gasteiger partial charge is 0.549 e. The lowest BCUT2D eigenvalue weighted by Crippen LogP contribution is -2.24. The number of carbonyl (C=O) groups excluding carboxylic acids is 1. The van der Waals surface area contributed by atoms with E-state index in [0.29, 0.717) is 15.4 Å². The van der Waals surface area contributed by atoms with E-state index in [1.54, 1.807) is 0 Å². The molecule has 2 aromatic heterocycles. The SMILES string of the molecule is Cc1sc2nc(SCC(=O)[O-])[nH]c(=O)c2c1-c1ccccc1. The number of thioether (sulfide) groups is 1. The molecule has 5 nitrogen and oxygen atoms in total. The maximum atomic E-state index is 12.4. The highest BCUT2D eigenvalue weighted by Crippen LogP contribution is 2.35. The molecule has 0 atom stereocenters. The van der Waals surface area contributed by atoms with Crippen LogP contribution in [0.1, 0.15) is 4.88 Å². The summed E-state index contributed by atoms with van der Waals surface area (Å²) in [6.07, 6.45) is 0. The number of H-pyrrole nitrogens is 1. The first kappa shape index (κ1) is 14.8. The van der Waals surface area contributed by atoms with Crippen molar-refractivity contribution >= 4 is 39.3 Å². The Morgan fingerprint density at radius 3 is 2.77 bits per heavy atom. The van der Waals surface area contributed by atoms with Crippen molar-refractivity contribution in [3.63, 3.8) is 0 Å². The van der Waals surface area contributed by atoms with Gasteiger partial charge in [0, 0.05) is 16.2 Å². The van der Waals surface area contributed by atoms with Crippen LogP contribution < -0.4 is 10.7 Å². The van der Waals surface area contributed by atoms with Crippen molar-refractivity contribution in [3.05, 3.63) is 45.6 Å². The van der Waals surface area contributed by atoms with Crippen LogP contribution in [0.3, 0.4) is 0 Å². The summed E-state index contributed by atoms with van der Waals surface area (Å²) in [5, 5.41) is 11.4. The molecule has 2 heterocycles. The maximum absolute atomic E-state index is 12.4. The lowest BCUT2D eigenvalue weighted by Gasteiger charge is -2.03. The molecule has 0 aliphatic heterocycles. The van der Waals surface area contributed by atoms with Crippen LogP contribution in [0.4, 0.5) is 0 Å². The number of rotatable bonds is 4. The molecule has 0 radical (unpaired) electrons. The molecule has 0 spiro atoms. The molecule has 0 saturated heterocycles. The molecule has 0 aliphatic rings. The van der Waals surface area contributed by atoms with E-state index in [1.165, 1.54) is 11.3 Å². The van der Waals surface area contributed by atoms with Crippen LogP contribution in [0.2, 0.25) is 0 Å². The van der Waals surface area contributed by atoms with Gasteiger partial charge in [0.1, 0.15) is 4.83 Å². The van der Waals surface area contributed by atoms with Crippen molar-refractivity contribution in [1.82, 2.24) is 9.97 Å². The van der Waals surface area contributed by atoms with Gasteiger partial charge in [0.15, 0.2) is 5.16 Å². The van der Waals surface area contributed by atoms with Gasteiger partial charge in [-0.3, -0.25) is 4.79 Å². The smallest absolute Gasteiger partial charge is 0.260 e. The molecule has 3 aromatic rings. The minimum absolute atomic E-state index is 0.246. The van der Waals surface area contributed by atoms with E-state index < -0.39 is 5.97 Å². The number of thiophene rings is 1. The Morgan fingerprint density at radius 2 is 2.09 bits per heavy atom. The Labute approximate surface area is 134 Å². The van der Waals surface area contributed by atoms with E-state index in [1.807, 2.05) is 37.3 Å². The molecule has 1 aromatic carbocycles. The predicted octanol–water partition coefficient (Wildman–Crippen LogP) is 1.80. The number of fused-ring (bicyclic) bond motifs is 1. The minimum atomic E-state index is -1.19. The summed E-state index contributed by atoms with van der Waals surface area (Å²) >= 11 is 2.38. The lowest BCUT2D eigenvalue weighted by molar-refractivity contribution is -0.301. The molecule has 0 fully saturated rings. The Balaban J connectivity index is 2.15. The van der Waals surface area contributed by atoms with Crippen molar-refractivity contribution in [3.8, 4) is 11.1 Å². The van der Waals surface area contributed by atoms with Gasteiger partial charge in [-0.15, -0.1) is 11.3 Å². The monoisotopic (exact) mass is 331 g/mol. The normalized spacial score (nSPS) is 11.0. The van der Waals surface area contributed by atoms with Crippen molar-refractivity contribution in [1.29, 1.82) is 0 Å². The predicted molar refractivity (Wildman–Crippen MR) is 86.1 cm³/mol. The average molecular weight is 331 g/mol. The molecule has 112 valence electrons. The second-order valence-corrected chi connectivity index (χ2v) is 6.78. The third-order valence-electron chi connectivity index (χ3n) is 3.11. The number of carboxylic acid groups (broad SMARTS) is 1. The van der Waals surface area contributed by atoms with Gasteiger partial charge in [-0.05, 0) is 12.5 Å². The van der Waals surface area contributed by atoms with Crippen LogP contribution in [0.5, 0.6) is 0 Å². The zero-order chi connectivity index (χ0) is 15.7. The fraction of sp³-hybridized carbons (Fsp3) is 0.133. The number of carbonyl (C=O) groups is 1. The van der Waals surface area contributed by atoms with E-state index in [2.05, 4.69) is 9.97 Å². The lowest BCUT2D eigenvalue weighted by atomic mass is 10.0. The first-order valence-corrected chi connectivity index (χ1v) is 8.28. The molecule has 0 bridgehead atoms. The second kappa shape index (κ2) is 5.94. The van der Waals surface area contributed by atoms with Crippen LogP contribution in [0.15, 0.2) is 40.3 Å². The van der Waals surface area contributed by atoms with Crippen molar-refractivity contribution in [2.75, 3.05) is 5.75 Å². The maximum Gasteiger partial charge on any atom is 0.260 e. The standard InChI is InChI=1S/C15H12N2O3S2/c1-8-11(9-5-3-2-4-6-9)12-13(20)16-15(17-14(12)22-8)21-7-10(18)19/h2-6H,7H2,1H3,(H,18,19)(H,16,17,20)/p-1. The summed E-state index contributed by atoms with van der Waals surface area (Å²) in [7, 11) is 0. The second-order valence-electron chi connectivity index (χ2n) is 4.61. The minimum Gasteiger partial charge on any atom is -0.549 e. The third-order valence-corrected chi connectivity index (χ3v) is 4.95. The third kappa shape index (κ3) is 2.77. The number of nitrogens with one attached hydrogen (secondary N) is 1. The Bertz CT molecular complexity index is 900. The van der Waals surface area contributed by atoms with Crippen LogP contribution in [-0.2, 0) is 4.79 Å². The van der Waals surface area contributed by atoms with Crippen LogP contribution >= 0.6 is 23.1 Å². The van der Waals surface area contributed by atoms with E-state index in [4.69, 9.17) is 0 Å². The summed E-state index contributed by atoms with van der Waals surface area (Å²) < 4.78 is 0. The number of aromatic nitrogens is 2. The summed E-state index contributed by atoms with van der Waals surface area (Å²) in [5.41, 5.74) is 1.59. The molecule has 0 saturated carbocycles. The molecule has 3 rings (SSSR count). The highest BCUT2D eigenvalue weighted by atomic mass is 32.2. The molecule has 22 heavy (non-hydrogen) atoms. The number of hydrogen-bond acceptors (Lipinski definition) is 6. The van der Waals surface area contributed by atoms with Gasteiger partial charge in [0.25, 0.3) is 5.56 Å². The van der Waals surface area contributed by atoms with Gasteiger partial charge >= 0.3 is 0 Å². The number of aliphatic carboxylic acids is 1. The quantitative estimate of drug-likeness (QED) is 0.582. The first-order chi connectivity index (χ1) is 10.6. The van der Waals surface area contributed by atoms with Crippen LogP contribution in [0, 0.1) is 6.92 Å². The summed E-state index contributed by atoms with van der Waals surface area (Å²) in [5.74, 6) is -1.44. The van der Waals surface area contributed by atoms with Gasteiger partial charge in [0.05, 0.1) is 11.4 Å². The average Bonchev–Trinajstić information content (AvgIpc) is 2.82. The fourth-order valence-electron chi connectivity index (χ4n) is 2.25. The number of aromatic amines is 1. The number of hydrogen-bond donors (Lipinski definition) is 1. The number of carboxylic acids is 1. The van der Waals surface area contributed by atoms with Crippen molar-refractivity contribution in [2.24, 2.45) is 0 Å². The van der Waals surface area contributed by atoms with Crippen molar-refractivity contribution < 1.29 is 9.90 Å². The number of nitrogens with zero attached hydrogens (tertiary/aromatic N) is 1. The molecule has 0 amide bonds. The van der Waals surface area contributed by atoms with Crippen molar-refractivity contribution in [2.45, 2.75) is 12.1 Å². The Morgan fingerprint density at radius 1 is 1.36 bits per heavy atom. The van der Waals surface area contributed by atoms with Gasteiger partial charge in [0.2, 0.25) is 0 Å². The molecule has 0 unspecified atom stereocenters. The first-order valence-electron chi connectivity index (χ1n) is 6.47. The summed E-state index contributed by atoms with van der Waals surface area (Å²) in [4.78, 5) is 31.5. The van der Waals surface area contributed by atoms with Gasteiger partial charge in [-0.1, -0.05) is 42.1 Å². The molecular weight excluding hydrogens is 320 g/mol. The van der Waals surface area contributed by atoms with Crippen LogP contribution in [0.25, 0.3) is 21.3 Å². The number of benzene rings is 1. The van der Waals surface area contributed by atoms with E-state index >= 15 is 0 Å². The van der Waals surface area contributed by atoms with Crippen LogP contribution in [-0.4, -0.2) is 21.7 Å². The molecule has 0 aliphatic carbocycles. The highest BCUT2D eigenvalue weighted by molar-refractivity contribution is 7.99. The Kier molecular flexibility index (Phi) is 4.00. The summed E-state index contributed by atoms with van der Waals surface area (Å²) in [6.45, 7) is 1.95. The van der Waals surface area contributed by atoms with E-state index in [-0.39, 0.29) is 11.3 Å². The zero-order valence-electron chi connectivity index (χ0n) is 11.6. The van der Waals surface area contributed by atoms with E-state index in [9.17, 15) is 14.7 Å². The van der Waals surface area contributed by atoms with E-state index in [0.717, 1.165) is 27.8 Å². The summed E-state index contributed by atoms with van der Waals surface area (Å²) in [6, 6.07) is 9.66. The fourth-order valence-corrected chi connectivity index (χ4v) is 3.93. The van der Waals surface area contributed by atoms with Gasteiger partial charge in [-0.2, -0.15) is 0 Å². The zero-order valence-corrected chi connectivity index (χ0v) is 13.2. The number of aryl methyl sites for hydroxylation is 1. The Hall–Kier alpha value is -2.12. The molecule has 1 N–H and O–H groups in total. The molecular formula is C15H11N2O3S2-.